The molecule has 0 bridgehead atoms. The maximum Gasteiger partial charge on any atom is 0.270 e. The average Bonchev–Trinajstić information content (AvgIpc) is 2.61. The standard InChI is InChI=1S/C19H15NO3/c1-23-18-12-6-11-17(14-7-3-2-4-8-14)19(18)15-9-5-10-16(13-15)20(21)22/h2-13H,1H3. The van der Waals surface area contributed by atoms with Gasteiger partial charge in [-0.05, 0) is 22.8 Å². The number of nitro benzene ring substituents is 1. The third kappa shape index (κ3) is 2.92. The molecule has 0 N–H and O–H groups in total. The molecule has 0 unspecified atom stereocenters. The number of nitrogens with zero attached hydrogens (tertiary/aromatic N) is 1. The van der Waals surface area contributed by atoms with E-state index in [0.717, 1.165) is 22.3 Å². The Labute approximate surface area is 134 Å². The highest BCUT2D eigenvalue weighted by atomic mass is 16.6. The number of rotatable bonds is 4. The molecule has 0 amide bonds. The molecule has 0 aromatic heterocycles. The lowest BCUT2D eigenvalue weighted by molar-refractivity contribution is -0.384. The molecule has 23 heavy (non-hydrogen) atoms. The number of non-ortho nitro benzene ring substituents is 1. The van der Waals surface area contributed by atoms with Gasteiger partial charge >= 0.3 is 0 Å². The predicted octanol–water partition coefficient (Wildman–Crippen LogP) is 4.94. The second-order valence-electron chi connectivity index (χ2n) is 5.06. The van der Waals surface area contributed by atoms with Gasteiger partial charge in [0.15, 0.2) is 0 Å². The fourth-order valence-electron chi connectivity index (χ4n) is 2.63. The quantitative estimate of drug-likeness (QED) is 0.507. The second-order valence-corrected chi connectivity index (χ2v) is 5.06. The first-order valence-corrected chi connectivity index (χ1v) is 7.18. The molecule has 0 heterocycles. The van der Waals surface area contributed by atoms with Gasteiger partial charge in [0.2, 0.25) is 0 Å². The van der Waals surface area contributed by atoms with Crippen LogP contribution in [0.2, 0.25) is 0 Å². The molecule has 0 aliphatic rings. The molecule has 3 aromatic carbocycles. The molecular formula is C19H15NO3. The molecule has 3 rings (SSSR count). The van der Waals surface area contributed by atoms with E-state index < -0.39 is 0 Å². The smallest absolute Gasteiger partial charge is 0.270 e. The van der Waals surface area contributed by atoms with Crippen molar-refractivity contribution in [2.24, 2.45) is 0 Å². The van der Waals surface area contributed by atoms with E-state index in [-0.39, 0.29) is 10.6 Å². The van der Waals surface area contributed by atoms with E-state index in [1.54, 1.807) is 19.2 Å². The summed E-state index contributed by atoms with van der Waals surface area (Å²) in [6.07, 6.45) is 0. The van der Waals surface area contributed by atoms with Gasteiger partial charge in [0.05, 0.1) is 12.0 Å². The summed E-state index contributed by atoms with van der Waals surface area (Å²) in [7, 11) is 1.60. The fraction of sp³-hybridized carbons (Fsp3) is 0.0526. The molecule has 114 valence electrons. The summed E-state index contributed by atoms with van der Waals surface area (Å²) < 4.78 is 5.49. The first kappa shape index (κ1) is 14.8. The number of hydrogen-bond acceptors (Lipinski definition) is 3. The molecule has 4 heteroatoms. The summed E-state index contributed by atoms with van der Waals surface area (Å²) in [6, 6.07) is 22.3. The monoisotopic (exact) mass is 305 g/mol. The van der Waals surface area contributed by atoms with E-state index in [2.05, 4.69) is 0 Å². The minimum absolute atomic E-state index is 0.0624. The van der Waals surface area contributed by atoms with E-state index in [0.29, 0.717) is 5.75 Å². The zero-order chi connectivity index (χ0) is 16.2. The van der Waals surface area contributed by atoms with Crippen molar-refractivity contribution in [1.82, 2.24) is 0 Å². The van der Waals surface area contributed by atoms with Gasteiger partial charge in [-0.1, -0.05) is 54.6 Å². The van der Waals surface area contributed by atoms with Crippen molar-refractivity contribution in [3.05, 3.63) is 82.9 Å². The molecule has 0 aliphatic carbocycles. The van der Waals surface area contributed by atoms with Crippen LogP contribution in [0.25, 0.3) is 22.3 Å². The van der Waals surface area contributed by atoms with Crippen LogP contribution in [-0.2, 0) is 0 Å². The van der Waals surface area contributed by atoms with Crippen molar-refractivity contribution >= 4 is 5.69 Å². The van der Waals surface area contributed by atoms with Gasteiger partial charge in [0, 0.05) is 17.7 Å². The van der Waals surface area contributed by atoms with Crippen LogP contribution in [0.5, 0.6) is 5.75 Å². The van der Waals surface area contributed by atoms with Crippen molar-refractivity contribution in [2.75, 3.05) is 7.11 Å². The molecule has 4 nitrogen and oxygen atoms in total. The highest BCUT2D eigenvalue weighted by Gasteiger charge is 2.15. The molecular weight excluding hydrogens is 290 g/mol. The predicted molar refractivity (Wildman–Crippen MR) is 90.5 cm³/mol. The van der Waals surface area contributed by atoms with E-state index in [4.69, 9.17) is 4.74 Å². The summed E-state index contributed by atoms with van der Waals surface area (Å²) in [4.78, 5) is 10.7. The fourth-order valence-corrected chi connectivity index (χ4v) is 2.63. The topological polar surface area (TPSA) is 52.4 Å². The number of ether oxygens (including phenoxy) is 1. The lowest BCUT2D eigenvalue weighted by atomic mass is 9.93. The highest BCUT2D eigenvalue weighted by Crippen LogP contribution is 2.39. The number of nitro groups is 1. The van der Waals surface area contributed by atoms with Crippen molar-refractivity contribution < 1.29 is 9.66 Å². The Kier molecular flexibility index (Phi) is 4.06. The molecule has 0 atom stereocenters. The van der Waals surface area contributed by atoms with Gasteiger partial charge in [0.1, 0.15) is 5.75 Å². The lowest BCUT2D eigenvalue weighted by Gasteiger charge is -2.14. The van der Waals surface area contributed by atoms with Crippen molar-refractivity contribution in [3.8, 4) is 28.0 Å². The first-order chi connectivity index (χ1) is 11.2. The van der Waals surface area contributed by atoms with Gasteiger partial charge in [-0.15, -0.1) is 0 Å². The largest absolute Gasteiger partial charge is 0.496 e. The minimum Gasteiger partial charge on any atom is -0.496 e. The summed E-state index contributed by atoms with van der Waals surface area (Å²) in [6.45, 7) is 0. The van der Waals surface area contributed by atoms with E-state index in [1.165, 1.54) is 6.07 Å². The molecule has 3 aromatic rings. The molecule has 0 saturated heterocycles. The normalized spacial score (nSPS) is 10.3. The van der Waals surface area contributed by atoms with Crippen LogP contribution in [0.3, 0.4) is 0 Å². The minimum atomic E-state index is -0.388. The summed E-state index contributed by atoms with van der Waals surface area (Å²) in [5, 5.41) is 11.1. The molecule has 0 radical (unpaired) electrons. The Morgan fingerprint density at radius 3 is 2.26 bits per heavy atom. The SMILES string of the molecule is COc1cccc(-c2ccccc2)c1-c1cccc([N+](=O)[O-])c1. The van der Waals surface area contributed by atoms with Crippen molar-refractivity contribution in [3.63, 3.8) is 0 Å². The summed E-state index contributed by atoms with van der Waals surface area (Å²) >= 11 is 0. The number of hydrogen-bond donors (Lipinski definition) is 0. The Morgan fingerprint density at radius 1 is 0.870 bits per heavy atom. The molecule has 0 spiro atoms. The van der Waals surface area contributed by atoms with Gasteiger partial charge in [-0.25, -0.2) is 0 Å². The summed E-state index contributed by atoms with van der Waals surface area (Å²) in [5.74, 6) is 0.687. The van der Waals surface area contributed by atoms with E-state index >= 15 is 0 Å². The van der Waals surface area contributed by atoms with Crippen LogP contribution in [0.4, 0.5) is 5.69 Å². The van der Waals surface area contributed by atoms with Crippen LogP contribution in [0, 0.1) is 10.1 Å². The third-order valence-corrected chi connectivity index (χ3v) is 3.68. The van der Waals surface area contributed by atoms with Crippen molar-refractivity contribution in [2.45, 2.75) is 0 Å². The Bertz CT molecular complexity index is 844. The van der Waals surface area contributed by atoms with E-state index in [9.17, 15) is 10.1 Å². The van der Waals surface area contributed by atoms with E-state index in [1.807, 2.05) is 54.6 Å². The maximum atomic E-state index is 11.1. The second kappa shape index (κ2) is 6.32. The van der Waals surface area contributed by atoms with Gasteiger partial charge < -0.3 is 4.74 Å². The van der Waals surface area contributed by atoms with Crippen LogP contribution >= 0.6 is 0 Å². The van der Waals surface area contributed by atoms with Gasteiger partial charge in [-0.3, -0.25) is 10.1 Å². The highest BCUT2D eigenvalue weighted by molar-refractivity contribution is 5.88. The van der Waals surface area contributed by atoms with Crippen LogP contribution in [-0.4, -0.2) is 12.0 Å². The summed E-state index contributed by atoms with van der Waals surface area (Å²) in [5.41, 5.74) is 3.69. The van der Waals surface area contributed by atoms with Crippen molar-refractivity contribution in [1.29, 1.82) is 0 Å². The number of benzene rings is 3. The van der Waals surface area contributed by atoms with Crippen LogP contribution in [0.1, 0.15) is 0 Å². The zero-order valence-electron chi connectivity index (χ0n) is 12.6. The molecule has 0 fully saturated rings. The van der Waals surface area contributed by atoms with Gasteiger partial charge in [-0.2, -0.15) is 0 Å². The lowest BCUT2D eigenvalue weighted by Crippen LogP contribution is -1.93. The Morgan fingerprint density at radius 2 is 1.57 bits per heavy atom. The Hall–Kier alpha value is -3.14. The first-order valence-electron chi connectivity index (χ1n) is 7.18. The van der Waals surface area contributed by atoms with Crippen LogP contribution < -0.4 is 4.74 Å². The van der Waals surface area contributed by atoms with Crippen LogP contribution in [0.15, 0.2) is 72.8 Å². The average molecular weight is 305 g/mol. The Balaban J connectivity index is 2.25. The zero-order valence-corrected chi connectivity index (χ0v) is 12.6. The number of methoxy groups -OCH3 is 1. The van der Waals surface area contributed by atoms with Gasteiger partial charge in [0.25, 0.3) is 5.69 Å². The molecule has 0 aliphatic heterocycles. The maximum absolute atomic E-state index is 11.1. The third-order valence-electron chi connectivity index (χ3n) is 3.68. The molecule has 0 saturated carbocycles.